The Hall–Kier alpha value is -2.64. The zero-order chi connectivity index (χ0) is 18.9. The molecular weight excluding hydrogens is 342 g/mol. The summed E-state index contributed by atoms with van der Waals surface area (Å²) < 4.78 is 1.92. The molecule has 8 heteroatoms. The van der Waals surface area contributed by atoms with Gasteiger partial charge >= 0.3 is 0 Å². The zero-order valence-electron chi connectivity index (χ0n) is 15.9. The van der Waals surface area contributed by atoms with Crippen LogP contribution in [0.1, 0.15) is 51.3 Å². The van der Waals surface area contributed by atoms with Gasteiger partial charge in [0.25, 0.3) is 0 Å². The van der Waals surface area contributed by atoms with E-state index in [1.807, 2.05) is 35.7 Å². The maximum Gasteiger partial charge on any atom is 0.221 e. The number of carbonyl (C=O) groups excluding carboxylic acids is 1. The maximum atomic E-state index is 12.1. The van der Waals surface area contributed by atoms with Crippen molar-refractivity contribution in [2.45, 2.75) is 58.0 Å². The van der Waals surface area contributed by atoms with Crippen LogP contribution in [0.25, 0.3) is 5.65 Å². The van der Waals surface area contributed by atoms with Crippen molar-refractivity contribution < 1.29 is 4.79 Å². The lowest BCUT2D eigenvalue weighted by Gasteiger charge is -2.22. The van der Waals surface area contributed by atoms with E-state index in [9.17, 15) is 4.79 Å². The Morgan fingerprint density at radius 1 is 1.22 bits per heavy atom. The topological polar surface area (TPSA) is 95.7 Å². The molecular formula is C19H29N7O. The van der Waals surface area contributed by atoms with Crippen LogP contribution in [0.2, 0.25) is 0 Å². The summed E-state index contributed by atoms with van der Waals surface area (Å²) in [6.07, 6.45) is 8.31. The normalized spacial score (nSPS) is 15.7. The molecule has 0 saturated heterocycles. The average Bonchev–Trinajstić information content (AvgIpc) is 3.10. The van der Waals surface area contributed by atoms with E-state index in [1.54, 1.807) is 0 Å². The molecule has 8 nitrogen and oxygen atoms in total. The molecule has 3 N–H and O–H groups in total. The second-order valence-corrected chi connectivity index (χ2v) is 6.82. The van der Waals surface area contributed by atoms with Crippen LogP contribution in [0.15, 0.2) is 29.4 Å². The second-order valence-electron chi connectivity index (χ2n) is 6.82. The number of aliphatic imine (C=N–C) groups is 1. The van der Waals surface area contributed by atoms with Gasteiger partial charge < -0.3 is 16.0 Å². The SMILES string of the molecule is CCNC(=NCc1nnc2ccccn12)NCCC(=O)NC1CCCCC1. The number of pyridine rings is 1. The lowest BCUT2D eigenvalue weighted by molar-refractivity contribution is -0.121. The second kappa shape index (κ2) is 9.89. The van der Waals surface area contributed by atoms with Crippen LogP contribution in [0.3, 0.4) is 0 Å². The third-order valence-corrected chi connectivity index (χ3v) is 4.72. The molecule has 0 aromatic carbocycles. The van der Waals surface area contributed by atoms with E-state index < -0.39 is 0 Å². The Morgan fingerprint density at radius 3 is 2.89 bits per heavy atom. The van der Waals surface area contributed by atoms with Crippen molar-refractivity contribution in [1.29, 1.82) is 0 Å². The van der Waals surface area contributed by atoms with Gasteiger partial charge in [0.2, 0.25) is 5.91 Å². The molecule has 1 fully saturated rings. The Kier molecular flexibility index (Phi) is 7.01. The van der Waals surface area contributed by atoms with Crippen LogP contribution in [-0.4, -0.2) is 45.6 Å². The van der Waals surface area contributed by atoms with Crippen LogP contribution in [0, 0.1) is 0 Å². The number of fused-ring (bicyclic) bond motifs is 1. The fraction of sp³-hybridized carbons (Fsp3) is 0.579. The fourth-order valence-corrected chi connectivity index (χ4v) is 3.33. The first kappa shape index (κ1) is 19.1. The molecule has 2 heterocycles. The summed E-state index contributed by atoms with van der Waals surface area (Å²) in [7, 11) is 0. The first-order valence-electron chi connectivity index (χ1n) is 9.86. The van der Waals surface area contributed by atoms with E-state index in [1.165, 1.54) is 19.3 Å². The van der Waals surface area contributed by atoms with Crippen molar-refractivity contribution >= 4 is 17.5 Å². The molecule has 1 aliphatic carbocycles. The largest absolute Gasteiger partial charge is 0.357 e. The highest BCUT2D eigenvalue weighted by Crippen LogP contribution is 2.17. The number of aromatic nitrogens is 3. The monoisotopic (exact) mass is 371 g/mol. The highest BCUT2D eigenvalue weighted by Gasteiger charge is 2.15. The summed E-state index contributed by atoms with van der Waals surface area (Å²) in [6.45, 7) is 3.72. The number of carbonyl (C=O) groups is 1. The third kappa shape index (κ3) is 5.67. The first-order valence-corrected chi connectivity index (χ1v) is 9.86. The predicted octanol–water partition coefficient (Wildman–Crippen LogP) is 1.62. The molecule has 0 unspecified atom stereocenters. The Bertz CT molecular complexity index is 764. The van der Waals surface area contributed by atoms with Gasteiger partial charge in [0.1, 0.15) is 6.54 Å². The summed E-state index contributed by atoms with van der Waals surface area (Å²) in [4.78, 5) is 16.7. The highest BCUT2D eigenvalue weighted by molar-refractivity contribution is 5.81. The minimum atomic E-state index is 0.105. The van der Waals surface area contributed by atoms with Gasteiger partial charge in [0, 0.05) is 31.7 Å². The molecule has 3 rings (SSSR count). The van der Waals surface area contributed by atoms with Gasteiger partial charge in [-0.3, -0.25) is 9.20 Å². The van der Waals surface area contributed by atoms with Crippen LogP contribution in [0.4, 0.5) is 0 Å². The summed E-state index contributed by atoms with van der Waals surface area (Å²) in [6, 6.07) is 6.14. The van der Waals surface area contributed by atoms with Crippen molar-refractivity contribution in [3.8, 4) is 0 Å². The summed E-state index contributed by atoms with van der Waals surface area (Å²) in [5, 5.41) is 17.9. The molecule has 27 heavy (non-hydrogen) atoms. The molecule has 146 valence electrons. The zero-order valence-corrected chi connectivity index (χ0v) is 15.9. The fourth-order valence-electron chi connectivity index (χ4n) is 3.33. The number of hydrogen-bond acceptors (Lipinski definition) is 4. The molecule has 1 aliphatic rings. The average molecular weight is 371 g/mol. The number of nitrogens with one attached hydrogen (secondary N) is 3. The van der Waals surface area contributed by atoms with E-state index in [0.717, 1.165) is 30.9 Å². The number of hydrogen-bond donors (Lipinski definition) is 3. The molecule has 0 bridgehead atoms. The molecule has 0 spiro atoms. The molecule has 2 aromatic heterocycles. The predicted molar refractivity (Wildman–Crippen MR) is 105 cm³/mol. The van der Waals surface area contributed by atoms with Gasteiger partial charge in [0.05, 0.1) is 0 Å². The van der Waals surface area contributed by atoms with E-state index >= 15 is 0 Å². The Morgan fingerprint density at radius 2 is 2.07 bits per heavy atom. The highest BCUT2D eigenvalue weighted by atomic mass is 16.1. The van der Waals surface area contributed by atoms with Gasteiger partial charge in [-0.25, -0.2) is 4.99 Å². The molecule has 0 radical (unpaired) electrons. The van der Waals surface area contributed by atoms with E-state index in [2.05, 4.69) is 31.1 Å². The maximum absolute atomic E-state index is 12.1. The van der Waals surface area contributed by atoms with Crippen molar-refractivity contribution in [2.75, 3.05) is 13.1 Å². The molecule has 1 amide bonds. The van der Waals surface area contributed by atoms with Crippen LogP contribution in [0.5, 0.6) is 0 Å². The summed E-state index contributed by atoms with van der Waals surface area (Å²) in [5.41, 5.74) is 0.806. The van der Waals surface area contributed by atoms with E-state index in [-0.39, 0.29) is 5.91 Å². The number of rotatable bonds is 7. The number of guanidine groups is 1. The number of amides is 1. The Balaban J connectivity index is 1.48. The number of nitrogens with zero attached hydrogens (tertiary/aromatic N) is 4. The van der Waals surface area contributed by atoms with Gasteiger partial charge in [-0.15, -0.1) is 10.2 Å². The van der Waals surface area contributed by atoms with Gasteiger partial charge in [0.15, 0.2) is 17.4 Å². The quantitative estimate of drug-likeness (QED) is 0.508. The lowest BCUT2D eigenvalue weighted by Crippen LogP contribution is -2.41. The molecule has 0 aliphatic heterocycles. The first-order chi connectivity index (χ1) is 13.3. The standard InChI is InChI=1S/C19H29N7O/c1-2-20-19(21-12-11-18(27)23-15-8-4-3-5-9-15)22-14-17-25-24-16-10-6-7-13-26(16)17/h6-7,10,13,15H,2-5,8-9,11-12,14H2,1H3,(H,23,27)(H2,20,21,22). The van der Waals surface area contributed by atoms with Gasteiger partial charge in [-0.2, -0.15) is 0 Å². The minimum Gasteiger partial charge on any atom is -0.357 e. The van der Waals surface area contributed by atoms with Crippen LogP contribution in [-0.2, 0) is 11.3 Å². The Labute approximate surface area is 159 Å². The summed E-state index contributed by atoms with van der Waals surface area (Å²) in [5.74, 6) is 1.56. The molecule has 2 aromatic rings. The minimum absolute atomic E-state index is 0.105. The van der Waals surface area contributed by atoms with Crippen LogP contribution >= 0.6 is 0 Å². The van der Waals surface area contributed by atoms with E-state index in [4.69, 9.17) is 0 Å². The smallest absolute Gasteiger partial charge is 0.221 e. The van der Waals surface area contributed by atoms with Gasteiger partial charge in [-0.05, 0) is 31.9 Å². The summed E-state index contributed by atoms with van der Waals surface area (Å²) >= 11 is 0. The van der Waals surface area contributed by atoms with E-state index in [0.29, 0.717) is 31.5 Å². The molecule has 0 atom stereocenters. The third-order valence-electron chi connectivity index (χ3n) is 4.72. The van der Waals surface area contributed by atoms with Crippen molar-refractivity contribution in [3.63, 3.8) is 0 Å². The van der Waals surface area contributed by atoms with Crippen molar-refractivity contribution in [2.24, 2.45) is 4.99 Å². The lowest BCUT2D eigenvalue weighted by atomic mass is 9.95. The van der Waals surface area contributed by atoms with Crippen molar-refractivity contribution in [1.82, 2.24) is 30.5 Å². The van der Waals surface area contributed by atoms with Crippen molar-refractivity contribution in [3.05, 3.63) is 30.2 Å². The van der Waals surface area contributed by atoms with Crippen LogP contribution < -0.4 is 16.0 Å². The molecule has 1 saturated carbocycles. The van der Waals surface area contributed by atoms with Gasteiger partial charge in [-0.1, -0.05) is 25.3 Å².